The zero-order valence-corrected chi connectivity index (χ0v) is 13.8. The summed E-state index contributed by atoms with van der Waals surface area (Å²) in [6.07, 6.45) is 3.32. The molecule has 4 nitrogen and oxygen atoms in total. The number of nitrogens with zero attached hydrogens (tertiary/aromatic N) is 2. The Morgan fingerprint density at radius 2 is 1.90 bits per heavy atom. The van der Waals surface area contributed by atoms with Gasteiger partial charge in [0.15, 0.2) is 0 Å². The molecular weight excluding hydrogens is 250 g/mol. The van der Waals surface area contributed by atoms with Gasteiger partial charge in [-0.05, 0) is 31.7 Å². The molecule has 0 aromatic carbocycles. The first-order valence-electron chi connectivity index (χ1n) is 8.31. The van der Waals surface area contributed by atoms with Gasteiger partial charge in [-0.25, -0.2) is 0 Å². The van der Waals surface area contributed by atoms with Crippen LogP contribution in [0, 0.1) is 5.92 Å². The number of amides is 1. The summed E-state index contributed by atoms with van der Waals surface area (Å²) in [4.78, 5) is 17.0. The lowest BCUT2D eigenvalue weighted by Gasteiger charge is -2.33. The molecule has 1 fully saturated rings. The summed E-state index contributed by atoms with van der Waals surface area (Å²) in [6, 6.07) is 0.534. The van der Waals surface area contributed by atoms with E-state index in [1.54, 1.807) is 0 Å². The SMILES string of the molecule is CCC(CC)N(CC(=O)N1CCCNCC1)CC(C)C. The third-order valence-electron chi connectivity index (χ3n) is 4.09. The van der Waals surface area contributed by atoms with Gasteiger partial charge < -0.3 is 10.2 Å². The molecule has 1 aliphatic rings. The minimum absolute atomic E-state index is 0.307. The first-order chi connectivity index (χ1) is 9.58. The van der Waals surface area contributed by atoms with Gasteiger partial charge >= 0.3 is 0 Å². The van der Waals surface area contributed by atoms with Crippen molar-refractivity contribution in [1.29, 1.82) is 0 Å². The van der Waals surface area contributed by atoms with Crippen LogP contribution in [0.5, 0.6) is 0 Å². The van der Waals surface area contributed by atoms with Crippen LogP contribution >= 0.6 is 0 Å². The average molecular weight is 283 g/mol. The predicted octanol–water partition coefficient (Wildman–Crippen LogP) is 1.95. The summed E-state index contributed by atoms with van der Waals surface area (Å²) in [5.41, 5.74) is 0. The molecule has 0 aromatic heterocycles. The fourth-order valence-electron chi connectivity index (χ4n) is 2.99. The molecule has 0 aliphatic carbocycles. The molecule has 0 spiro atoms. The van der Waals surface area contributed by atoms with Crippen molar-refractivity contribution < 1.29 is 4.79 Å². The molecule has 1 amide bonds. The van der Waals surface area contributed by atoms with E-state index < -0.39 is 0 Å². The van der Waals surface area contributed by atoms with Crippen molar-refractivity contribution in [3.8, 4) is 0 Å². The van der Waals surface area contributed by atoms with Crippen molar-refractivity contribution in [2.24, 2.45) is 5.92 Å². The average Bonchev–Trinajstić information content (AvgIpc) is 2.68. The van der Waals surface area contributed by atoms with Crippen LogP contribution in [0.1, 0.15) is 47.0 Å². The molecule has 20 heavy (non-hydrogen) atoms. The van der Waals surface area contributed by atoms with E-state index in [9.17, 15) is 4.79 Å². The van der Waals surface area contributed by atoms with Gasteiger partial charge in [-0.1, -0.05) is 27.7 Å². The lowest BCUT2D eigenvalue weighted by Crippen LogP contribution is -2.46. The maximum Gasteiger partial charge on any atom is 0.236 e. The van der Waals surface area contributed by atoms with Crippen molar-refractivity contribution in [2.45, 2.75) is 53.0 Å². The third kappa shape index (κ3) is 5.80. The van der Waals surface area contributed by atoms with Crippen molar-refractivity contribution >= 4 is 5.91 Å². The molecular formula is C16H33N3O. The molecule has 1 rings (SSSR count). The summed E-state index contributed by atoms with van der Waals surface area (Å²) < 4.78 is 0. The lowest BCUT2D eigenvalue weighted by molar-refractivity contribution is -0.133. The zero-order chi connectivity index (χ0) is 15.0. The van der Waals surface area contributed by atoms with Crippen LogP contribution in [0.3, 0.4) is 0 Å². The number of hydrogen-bond donors (Lipinski definition) is 1. The predicted molar refractivity (Wildman–Crippen MR) is 84.8 cm³/mol. The van der Waals surface area contributed by atoms with E-state index in [0.29, 0.717) is 24.4 Å². The van der Waals surface area contributed by atoms with Crippen molar-refractivity contribution in [3.05, 3.63) is 0 Å². The minimum Gasteiger partial charge on any atom is -0.340 e. The molecule has 0 aromatic rings. The van der Waals surface area contributed by atoms with Crippen LogP contribution in [0.25, 0.3) is 0 Å². The van der Waals surface area contributed by atoms with E-state index in [0.717, 1.165) is 52.0 Å². The molecule has 0 bridgehead atoms. The standard InChI is InChI=1S/C16H33N3O/c1-5-15(6-2)19(12-14(3)4)13-16(20)18-10-7-8-17-9-11-18/h14-15,17H,5-13H2,1-4H3. The summed E-state index contributed by atoms with van der Waals surface area (Å²) in [7, 11) is 0. The number of carbonyl (C=O) groups excluding carboxylic acids is 1. The molecule has 4 heteroatoms. The van der Waals surface area contributed by atoms with Gasteiger partial charge in [-0.2, -0.15) is 0 Å². The quantitative estimate of drug-likeness (QED) is 0.776. The highest BCUT2D eigenvalue weighted by Crippen LogP contribution is 2.12. The topological polar surface area (TPSA) is 35.6 Å². The normalized spacial score (nSPS) is 17.1. The van der Waals surface area contributed by atoms with E-state index in [1.165, 1.54) is 0 Å². The largest absolute Gasteiger partial charge is 0.340 e. The maximum absolute atomic E-state index is 12.5. The van der Waals surface area contributed by atoms with E-state index in [2.05, 4.69) is 37.9 Å². The first kappa shape index (κ1) is 17.4. The molecule has 0 radical (unpaired) electrons. The highest BCUT2D eigenvalue weighted by atomic mass is 16.2. The second kappa shape index (κ2) is 9.35. The highest BCUT2D eigenvalue weighted by molar-refractivity contribution is 5.78. The number of hydrogen-bond acceptors (Lipinski definition) is 3. The Morgan fingerprint density at radius 3 is 2.50 bits per heavy atom. The smallest absolute Gasteiger partial charge is 0.236 e. The Hall–Kier alpha value is -0.610. The summed E-state index contributed by atoms with van der Waals surface area (Å²) >= 11 is 0. The van der Waals surface area contributed by atoms with Crippen LogP contribution < -0.4 is 5.32 Å². The maximum atomic E-state index is 12.5. The Morgan fingerprint density at radius 1 is 1.20 bits per heavy atom. The monoisotopic (exact) mass is 283 g/mol. The van der Waals surface area contributed by atoms with E-state index in [-0.39, 0.29) is 0 Å². The van der Waals surface area contributed by atoms with Gasteiger partial charge in [0.1, 0.15) is 0 Å². The van der Waals surface area contributed by atoms with Crippen LogP contribution in [0.15, 0.2) is 0 Å². The van der Waals surface area contributed by atoms with Gasteiger partial charge in [0.25, 0.3) is 0 Å². The number of carbonyl (C=O) groups is 1. The first-order valence-corrected chi connectivity index (χ1v) is 8.31. The Bertz CT molecular complexity index is 269. The van der Waals surface area contributed by atoms with E-state index in [4.69, 9.17) is 0 Å². The minimum atomic E-state index is 0.307. The summed E-state index contributed by atoms with van der Waals surface area (Å²) in [5, 5.41) is 3.36. The molecule has 0 unspecified atom stereocenters. The Balaban J connectivity index is 2.59. The fourth-order valence-corrected chi connectivity index (χ4v) is 2.99. The molecule has 0 saturated carbocycles. The third-order valence-corrected chi connectivity index (χ3v) is 4.09. The molecule has 1 N–H and O–H groups in total. The van der Waals surface area contributed by atoms with Crippen LogP contribution in [-0.4, -0.2) is 61.0 Å². The van der Waals surface area contributed by atoms with Crippen molar-refractivity contribution in [2.75, 3.05) is 39.3 Å². The zero-order valence-electron chi connectivity index (χ0n) is 13.8. The van der Waals surface area contributed by atoms with E-state index >= 15 is 0 Å². The second-order valence-corrected chi connectivity index (χ2v) is 6.28. The Labute approximate surface area is 124 Å². The Kier molecular flexibility index (Phi) is 8.15. The van der Waals surface area contributed by atoms with Gasteiger partial charge in [0.05, 0.1) is 6.54 Å². The lowest BCUT2D eigenvalue weighted by atomic mass is 10.1. The summed E-state index contributed by atoms with van der Waals surface area (Å²) in [5.74, 6) is 0.912. The van der Waals surface area contributed by atoms with Gasteiger partial charge in [-0.15, -0.1) is 0 Å². The molecule has 1 aliphatic heterocycles. The molecule has 1 heterocycles. The fraction of sp³-hybridized carbons (Fsp3) is 0.938. The van der Waals surface area contributed by atoms with Crippen LogP contribution in [-0.2, 0) is 4.79 Å². The van der Waals surface area contributed by atoms with Gasteiger partial charge in [0.2, 0.25) is 5.91 Å². The van der Waals surface area contributed by atoms with Crippen LogP contribution in [0.4, 0.5) is 0 Å². The second-order valence-electron chi connectivity index (χ2n) is 6.28. The van der Waals surface area contributed by atoms with Crippen molar-refractivity contribution in [1.82, 2.24) is 15.1 Å². The van der Waals surface area contributed by atoms with Crippen molar-refractivity contribution in [3.63, 3.8) is 0 Å². The number of rotatable bonds is 7. The van der Waals surface area contributed by atoms with Gasteiger partial charge in [0, 0.05) is 32.2 Å². The summed E-state index contributed by atoms with van der Waals surface area (Å²) in [6.45, 7) is 14.2. The molecule has 0 atom stereocenters. The molecule has 118 valence electrons. The molecule has 1 saturated heterocycles. The van der Waals surface area contributed by atoms with Gasteiger partial charge in [-0.3, -0.25) is 9.69 Å². The number of nitrogens with one attached hydrogen (secondary N) is 1. The van der Waals surface area contributed by atoms with Crippen LogP contribution in [0.2, 0.25) is 0 Å². The highest BCUT2D eigenvalue weighted by Gasteiger charge is 2.22. The van der Waals surface area contributed by atoms with E-state index in [1.807, 2.05) is 4.90 Å².